The molecule has 0 atom stereocenters. The molecule has 0 spiro atoms. The number of aromatic nitrogens is 4. The second-order valence-corrected chi connectivity index (χ2v) is 6.58. The SMILES string of the molecule is CC(C)OC(=O)/C=C/C(=O)Nc1cnn(C)c1-c1n[nH]c2c1CCCC2. The predicted octanol–water partition coefficient (Wildman–Crippen LogP) is 2.14. The highest BCUT2D eigenvalue weighted by molar-refractivity contribution is 6.04. The maximum absolute atomic E-state index is 12.2. The Labute approximate surface area is 151 Å². The molecule has 8 nitrogen and oxygen atoms in total. The molecule has 1 amide bonds. The van der Waals surface area contributed by atoms with Crippen LogP contribution in [-0.4, -0.2) is 38.0 Å². The van der Waals surface area contributed by atoms with Crippen LogP contribution in [0.5, 0.6) is 0 Å². The number of esters is 1. The normalized spacial score (nSPS) is 13.8. The van der Waals surface area contributed by atoms with Gasteiger partial charge in [-0.3, -0.25) is 14.6 Å². The van der Waals surface area contributed by atoms with Crippen molar-refractivity contribution in [1.82, 2.24) is 20.0 Å². The van der Waals surface area contributed by atoms with Crippen molar-refractivity contribution in [3.63, 3.8) is 0 Å². The van der Waals surface area contributed by atoms with Crippen molar-refractivity contribution in [1.29, 1.82) is 0 Å². The van der Waals surface area contributed by atoms with Crippen LogP contribution in [0, 0.1) is 0 Å². The van der Waals surface area contributed by atoms with E-state index in [1.807, 2.05) is 7.05 Å². The van der Waals surface area contributed by atoms with Gasteiger partial charge in [0.15, 0.2) is 0 Å². The zero-order valence-corrected chi connectivity index (χ0v) is 15.2. The van der Waals surface area contributed by atoms with Gasteiger partial charge >= 0.3 is 5.97 Å². The number of anilines is 1. The van der Waals surface area contributed by atoms with Gasteiger partial charge in [-0.1, -0.05) is 0 Å². The molecule has 2 heterocycles. The molecule has 0 saturated heterocycles. The number of hydrogen-bond acceptors (Lipinski definition) is 5. The van der Waals surface area contributed by atoms with Crippen LogP contribution in [0.1, 0.15) is 37.9 Å². The second kappa shape index (κ2) is 7.55. The predicted molar refractivity (Wildman–Crippen MR) is 96.4 cm³/mol. The van der Waals surface area contributed by atoms with Gasteiger partial charge in [0.05, 0.1) is 18.0 Å². The molecule has 0 aromatic carbocycles. The van der Waals surface area contributed by atoms with Gasteiger partial charge < -0.3 is 10.1 Å². The molecule has 138 valence electrons. The molecule has 26 heavy (non-hydrogen) atoms. The fourth-order valence-electron chi connectivity index (χ4n) is 3.08. The molecule has 1 aliphatic carbocycles. The summed E-state index contributed by atoms with van der Waals surface area (Å²) in [7, 11) is 1.81. The fourth-order valence-corrected chi connectivity index (χ4v) is 3.08. The minimum Gasteiger partial charge on any atom is -0.460 e. The Hall–Kier alpha value is -2.90. The lowest BCUT2D eigenvalue weighted by molar-refractivity contribution is -0.141. The quantitative estimate of drug-likeness (QED) is 0.630. The van der Waals surface area contributed by atoms with Crippen molar-refractivity contribution in [3.05, 3.63) is 29.6 Å². The van der Waals surface area contributed by atoms with Crippen LogP contribution in [0.25, 0.3) is 11.4 Å². The van der Waals surface area contributed by atoms with Crippen LogP contribution < -0.4 is 5.32 Å². The van der Waals surface area contributed by atoms with Crippen LogP contribution >= 0.6 is 0 Å². The number of rotatable bonds is 5. The van der Waals surface area contributed by atoms with Gasteiger partial charge in [0.25, 0.3) is 0 Å². The standard InChI is InChI=1S/C18H23N5O3/c1-11(2)26-16(25)9-8-15(24)20-14-10-19-23(3)18(14)17-12-6-4-5-7-13(12)21-22-17/h8-11H,4-7H2,1-3H3,(H,20,24)(H,21,22)/b9-8+. The van der Waals surface area contributed by atoms with Crippen LogP contribution in [0.4, 0.5) is 5.69 Å². The van der Waals surface area contributed by atoms with Crippen LogP contribution in [0.2, 0.25) is 0 Å². The first kappa shape index (κ1) is 17.9. The molecule has 2 aromatic rings. The first-order chi connectivity index (χ1) is 12.5. The summed E-state index contributed by atoms with van der Waals surface area (Å²) < 4.78 is 6.66. The fraction of sp³-hybridized carbons (Fsp3) is 0.444. The highest BCUT2D eigenvalue weighted by Crippen LogP contribution is 2.33. The molecule has 0 radical (unpaired) electrons. The van der Waals surface area contributed by atoms with Gasteiger partial charge in [0, 0.05) is 30.5 Å². The van der Waals surface area contributed by atoms with E-state index in [1.54, 1.807) is 24.7 Å². The smallest absolute Gasteiger partial charge is 0.331 e. The van der Waals surface area contributed by atoms with E-state index in [1.165, 1.54) is 5.56 Å². The van der Waals surface area contributed by atoms with Gasteiger partial charge in [-0.15, -0.1) is 0 Å². The molecule has 2 N–H and O–H groups in total. The summed E-state index contributed by atoms with van der Waals surface area (Å²) in [6.07, 6.45) is 7.84. The molecular formula is C18H23N5O3. The molecule has 2 aromatic heterocycles. The van der Waals surface area contributed by atoms with Crippen molar-refractivity contribution in [2.45, 2.75) is 45.6 Å². The third kappa shape index (κ3) is 3.84. The van der Waals surface area contributed by atoms with E-state index < -0.39 is 11.9 Å². The number of ether oxygens (including phenoxy) is 1. The average molecular weight is 357 g/mol. The van der Waals surface area contributed by atoms with E-state index >= 15 is 0 Å². The number of aromatic amines is 1. The van der Waals surface area contributed by atoms with Crippen LogP contribution in [0.15, 0.2) is 18.3 Å². The van der Waals surface area contributed by atoms with E-state index in [-0.39, 0.29) is 6.10 Å². The number of nitrogens with one attached hydrogen (secondary N) is 2. The summed E-state index contributed by atoms with van der Waals surface area (Å²) in [6.45, 7) is 3.50. The van der Waals surface area contributed by atoms with Gasteiger partial charge in [-0.05, 0) is 39.5 Å². The minimum atomic E-state index is -0.553. The van der Waals surface area contributed by atoms with E-state index in [0.717, 1.165) is 54.9 Å². The van der Waals surface area contributed by atoms with Crippen molar-refractivity contribution in [2.75, 3.05) is 5.32 Å². The Kier molecular flexibility index (Phi) is 5.20. The molecule has 0 fully saturated rings. The number of carbonyl (C=O) groups is 2. The largest absolute Gasteiger partial charge is 0.460 e. The molecule has 1 aliphatic rings. The summed E-state index contributed by atoms with van der Waals surface area (Å²) in [4.78, 5) is 23.7. The highest BCUT2D eigenvalue weighted by atomic mass is 16.5. The van der Waals surface area contributed by atoms with Gasteiger partial charge in [-0.2, -0.15) is 10.2 Å². The van der Waals surface area contributed by atoms with E-state index in [2.05, 4.69) is 20.6 Å². The number of aryl methyl sites for hydroxylation is 2. The summed E-state index contributed by atoms with van der Waals surface area (Å²) in [5.74, 6) is -0.979. The Morgan fingerprint density at radius 1 is 1.31 bits per heavy atom. The second-order valence-electron chi connectivity index (χ2n) is 6.58. The van der Waals surface area contributed by atoms with Crippen molar-refractivity contribution < 1.29 is 14.3 Å². The van der Waals surface area contributed by atoms with Gasteiger partial charge in [-0.25, -0.2) is 4.79 Å². The zero-order valence-electron chi connectivity index (χ0n) is 15.2. The lowest BCUT2D eigenvalue weighted by Crippen LogP contribution is -2.12. The summed E-state index contributed by atoms with van der Waals surface area (Å²) in [6, 6.07) is 0. The van der Waals surface area contributed by atoms with Crippen LogP contribution in [-0.2, 0) is 34.2 Å². The summed E-state index contributed by atoms with van der Waals surface area (Å²) in [5.41, 5.74) is 4.46. The maximum Gasteiger partial charge on any atom is 0.331 e. The molecule has 0 bridgehead atoms. The highest BCUT2D eigenvalue weighted by Gasteiger charge is 2.23. The van der Waals surface area contributed by atoms with Crippen molar-refractivity contribution in [2.24, 2.45) is 7.05 Å². The number of fused-ring (bicyclic) bond motifs is 1. The van der Waals surface area contributed by atoms with Gasteiger partial charge in [0.1, 0.15) is 11.4 Å². The Morgan fingerprint density at radius 3 is 2.85 bits per heavy atom. The topological polar surface area (TPSA) is 102 Å². The van der Waals surface area contributed by atoms with E-state index in [9.17, 15) is 9.59 Å². The Balaban J connectivity index is 1.78. The van der Waals surface area contributed by atoms with Crippen LogP contribution in [0.3, 0.4) is 0 Å². The van der Waals surface area contributed by atoms with E-state index in [4.69, 9.17) is 4.74 Å². The number of nitrogens with zero attached hydrogens (tertiary/aromatic N) is 3. The number of H-pyrrole nitrogens is 1. The average Bonchev–Trinajstić information content (AvgIpc) is 3.16. The first-order valence-corrected chi connectivity index (χ1v) is 8.74. The Bertz CT molecular complexity index is 847. The van der Waals surface area contributed by atoms with E-state index in [0.29, 0.717) is 5.69 Å². The van der Waals surface area contributed by atoms with Gasteiger partial charge in [0.2, 0.25) is 5.91 Å². The molecule has 0 unspecified atom stereocenters. The molecule has 0 saturated carbocycles. The Morgan fingerprint density at radius 2 is 2.08 bits per heavy atom. The number of hydrogen-bond donors (Lipinski definition) is 2. The molecule has 0 aliphatic heterocycles. The third-order valence-corrected chi connectivity index (χ3v) is 4.20. The first-order valence-electron chi connectivity index (χ1n) is 8.74. The van der Waals surface area contributed by atoms with Crippen molar-refractivity contribution in [3.8, 4) is 11.4 Å². The number of amides is 1. The minimum absolute atomic E-state index is 0.231. The zero-order chi connectivity index (χ0) is 18.7. The van der Waals surface area contributed by atoms with Crippen molar-refractivity contribution >= 4 is 17.6 Å². The third-order valence-electron chi connectivity index (χ3n) is 4.20. The monoisotopic (exact) mass is 357 g/mol. The number of carbonyl (C=O) groups excluding carboxylic acids is 2. The molecule has 8 heteroatoms. The maximum atomic E-state index is 12.2. The molecule has 3 rings (SSSR count). The lowest BCUT2D eigenvalue weighted by Gasteiger charge is -2.12. The summed E-state index contributed by atoms with van der Waals surface area (Å²) in [5, 5.41) is 14.6. The molecular weight excluding hydrogens is 334 g/mol. The lowest BCUT2D eigenvalue weighted by atomic mass is 9.95. The summed E-state index contributed by atoms with van der Waals surface area (Å²) >= 11 is 0.